The Balaban J connectivity index is 2.08. The van der Waals surface area contributed by atoms with Crippen LogP contribution in [0.5, 0.6) is 0 Å². The minimum absolute atomic E-state index is 0.0321. The fourth-order valence-corrected chi connectivity index (χ4v) is 1.99. The number of nitro benzene ring substituents is 1. The number of carbonyl (C=O) groups is 1. The van der Waals surface area contributed by atoms with Gasteiger partial charge in [-0.15, -0.1) is 0 Å². The topological polar surface area (TPSA) is 96.6 Å². The predicted octanol–water partition coefficient (Wildman–Crippen LogP) is 2.57. The summed E-state index contributed by atoms with van der Waals surface area (Å²) in [5.74, 6) is -0.133. The van der Waals surface area contributed by atoms with Gasteiger partial charge in [-0.1, -0.05) is 6.08 Å². The molecule has 0 radical (unpaired) electrons. The van der Waals surface area contributed by atoms with E-state index in [0.29, 0.717) is 5.69 Å². The Morgan fingerprint density at radius 3 is 2.67 bits per heavy atom. The van der Waals surface area contributed by atoms with Gasteiger partial charge in [-0.3, -0.25) is 20.3 Å². The van der Waals surface area contributed by atoms with E-state index in [-0.39, 0.29) is 11.6 Å². The van der Waals surface area contributed by atoms with Gasteiger partial charge in [0.1, 0.15) is 0 Å². The number of anilines is 1. The highest BCUT2D eigenvalue weighted by atomic mass is 16.6. The van der Waals surface area contributed by atoms with Crippen LogP contribution in [0.1, 0.15) is 26.2 Å². The lowest BCUT2D eigenvalue weighted by atomic mass is 10.0. The first-order valence-corrected chi connectivity index (χ1v) is 6.61. The summed E-state index contributed by atoms with van der Waals surface area (Å²) < 4.78 is 0. The maximum Gasteiger partial charge on any atom is 0.269 e. The van der Waals surface area contributed by atoms with Crippen LogP contribution in [0.15, 0.2) is 41.1 Å². The van der Waals surface area contributed by atoms with Crippen LogP contribution in [0.25, 0.3) is 0 Å². The van der Waals surface area contributed by atoms with Gasteiger partial charge in [0, 0.05) is 19.1 Å². The van der Waals surface area contributed by atoms with Crippen molar-refractivity contribution in [1.29, 1.82) is 0 Å². The molecule has 0 aliphatic heterocycles. The van der Waals surface area contributed by atoms with E-state index in [4.69, 9.17) is 0 Å². The Morgan fingerprint density at radius 1 is 1.33 bits per heavy atom. The van der Waals surface area contributed by atoms with Crippen LogP contribution in [0.4, 0.5) is 11.4 Å². The van der Waals surface area contributed by atoms with Crippen molar-refractivity contribution in [1.82, 2.24) is 5.32 Å². The number of nitrogens with one attached hydrogen (secondary N) is 2. The molecular formula is C14H16N4O3. The Labute approximate surface area is 121 Å². The highest BCUT2D eigenvalue weighted by molar-refractivity contribution is 6.03. The van der Waals surface area contributed by atoms with E-state index >= 15 is 0 Å². The second-order valence-corrected chi connectivity index (χ2v) is 4.67. The zero-order valence-electron chi connectivity index (χ0n) is 11.6. The molecule has 1 aromatic carbocycles. The molecular weight excluding hydrogens is 272 g/mol. The SMILES string of the molecule is CC(=O)NC1=CCCCC1=NNc1ccc([N+](=O)[O-])cc1. The van der Waals surface area contributed by atoms with Crippen LogP contribution in [0.2, 0.25) is 0 Å². The predicted molar refractivity (Wildman–Crippen MR) is 79.9 cm³/mol. The third kappa shape index (κ3) is 4.13. The smallest absolute Gasteiger partial charge is 0.269 e. The molecule has 0 bridgehead atoms. The molecule has 2 N–H and O–H groups in total. The van der Waals surface area contributed by atoms with Crippen molar-refractivity contribution in [3.8, 4) is 0 Å². The summed E-state index contributed by atoms with van der Waals surface area (Å²) in [5.41, 5.74) is 5.04. The molecule has 7 heteroatoms. The van der Waals surface area contributed by atoms with E-state index in [9.17, 15) is 14.9 Å². The molecule has 0 saturated heterocycles. The number of hydrazone groups is 1. The molecule has 0 fully saturated rings. The van der Waals surface area contributed by atoms with Crippen LogP contribution in [-0.2, 0) is 4.79 Å². The summed E-state index contributed by atoms with van der Waals surface area (Å²) in [6, 6.07) is 6.00. The number of rotatable bonds is 4. The van der Waals surface area contributed by atoms with Gasteiger partial charge in [-0.2, -0.15) is 5.10 Å². The Hall–Kier alpha value is -2.70. The molecule has 21 heavy (non-hydrogen) atoms. The zero-order chi connectivity index (χ0) is 15.2. The number of nitrogens with zero attached hydrogens (tertiary/aromatic N) is 2. The standard InChI is InChI=1S/C14H16N4O3/c1-10(19)15-13-4-2-3-5-14(13)17-16-11-6-8-12(9-7-11)18(20)21/h4,6-9,16H,2-3,5H2,1H3,(H,15,19). The molecule has 1 aromatic rings. The number of hydrogen-bond donors (Lipinski definition) is 2. The van der Waals surface area contributed by atoms with Gasteiger partial charge in [-0.25, -0.2) is 0 Å². The number of nitro groups is 1. The van der Waals surface area contributed by atoms with Crippen molar-refractivity contribution in [3.63, 3.8) is 0 Å². The molecule has 0 unspecified atom stereocenters. The molecule has 0 aromatic heterocycles. The van der Waals surface area contributed by atoms with Crippen LogP contribution in [0.3, 0.4) is 0 Å². The molecule has 7 nitrogen and oxygen atoms in total. The van der Waals surface area contributed by atoms with E-state index in [1.54, 1.807) is 12.1 Å². The number of hydrogen-bond acceptors (Lipinski definition) is 5. The van der Waals surface area contributed by atoms with Gasteiger partial charge in [0.05, 0.1) is 22.0 Å². The Kier molecular flexibility index (Phi) is 4.65. The average molecular weight is 288 g/mol. The molecule has 0 heterocycles. The van der Waals surface area contributed by atoms with Crippen LogP contribution < -0.4 is 10.7 Å². The molecule has 1 aliphatic carbocycles. The summed E-state index contributed by atoms with van der Waals surface area (Å²) >= 11 is 0. The van der Waals surface area contributed by atoms with Gasteiger partial charge in [0.25, 0.3) is 5.69 Å². The third-order valence-electron chi connectivity index (χ3n) is 2.99. The minimum atomic E-state index is -0.450. The summed E-state index contributed by atoms with van der Waals surface area (Å²) in [7, 11) is 0. The van der Waals surface area contributed by atoms with E-state index in [1.807, 2.05) is 6.08 Å². The first-order valence-electron chi connectivity index (χ1n) is 6.61. The first-order chi connectivity index (χ1) is 10.1. The lowest BCUT2D eigenvalue weighted by Crippen LogP contribution is -2.27. The van der Waals surface area contributed by atoms with E-state index < -0.39 is 4.92 Å². The number of allylic oxidation sites excluding steroid dienone is 2. The Bertz CT molecular complexity index is 605. The third-order valence-corrected chi connectivity index (χ3v) is 2.99. The highest BCUT2D eigenvalue weighted by Crippen LogP contribution is 2.17. The number of amides is 1. The molecule has 1 aliphatic rings. The largest absolute Gasteiger partial charge is 0.325 e. The summed E-state index contributed by atoms with van der Waals surface area (Å²) in [4.78, 5) is 21.3. The van der Waals surface area contributed by atoms with Crippen LogP contribution in [-0.4, -0.2) is 16.5 Å². The summed E-state index contributed by atoms with van der Waals surface area (Å²) in [6.07, 6.45) is 4.60. The quantitative estimate of drug-likeness (QED) is 0.657. The Morgan fingerprint density at radius 2 is 2.05 bits per heavy atom. The number of non-ortho nitro benzene ring substituents is 1. The fraction of sp³-hybridized carbons (Fsp3) is 0.286. The van der Waals surface area contributed by atoms with Crippen molar-refractivity contribution in [3.05, 3.63) is 46.2 Å². The second-order valence-electron chi connectivity index (χ2n) is 4.67. The fourth-order valence-electron chi connectivity index (χ4n) is 1.99. The monoisotopic (exact) mass is 288 g/mol. The van der Waals surface area contributed by atoms with Gasteiger partial charge in [0.15, 0.2) is 0 Å². The van der Waals surface area contributed by atoms with Gasteiger partial charge in [-0.05, 0) is 31.4 Å². The lowest BCUT2D eigenvalue weighted by molar-refractivity contribution is -0.384. The van der Waals surface area contributed by atoms with Crippen molar-refractivity contribution >= 4 is 23.0 Å². The van der Waals surface area contributed by atoms with E-state index in [1.165, 1.54) is 19.1 Å². The molecule has 0 saturated carbocycles. The van der Waals surface area contributed by atoms with Crippen LogP contribution in [0, 0.1) is 10.1 Å². The lowest BCUT2D eigenvalue weighted by Gasteiger charge is -2.16. The second kappa shape index (κ2) is 6.65. The van der Waals surface area contributed by atoms with Crippen molar-refractivity contribution in [2.45, 2.75) is 26.2 Å². The van der Waals surface area contributed by atoms with Crippen molar-refractivity contribution < 1.29 is 9.72 Å². The van der Waals surface area contributed by atoms with Crippen LogP contribution >= 0.6 is 0 Å². The molecule has 1 amide bonds. The minimum Gasteiger partial charge on any atom is -0.325 e. The maximum atomic E-state index is 11.1. The van der Waals surface area contributed by atoms with Crippen molar-refractivity contribution in [2.75, 3.05) is 5.43 Å². The highest BCUT2D eigenvalue weighted by Gasteiger charge is 2.13. The average Bonchev–Trinajstić information content (AvgIpc) is 2.46. The molecule has 0 atom stereocenters. The van der Waals surface area contributed by atoms with Gasteiger partial charge in [0.2, 0.25) is 5.91 Å². The van der Waals surface area contributed by atoms with E-state index in [2.05, 4.69) is 15.8 Å². The summed E-state index contributed by atoms with van der Waals surface area (Å²) in [6.45, 7) is 1.46. The first kappa shape index (κ1) is 14.7. The number of benzene rings is 1. The van der Waals surface area contributed by atoms with Crippen molar-refractivity contribution in [2.24, 2.45) is 5.10 Å². The molecule has 110 valence electrons. The molecule has 2 rings (SSSR count). The zero-order valence-corrected chi connectivity index (χ0v) is 11.6. The van der Waals surface area contributed by atoms with Gasteiger partial charge >= 0.3 is 0 Å². The maximum absolute atomic E-state index is 11.1. The number of carbonyl (C=O) groups excluding carboxylic acids is 1. The van der Waals surface area contributed by atoms with E-state index in [0.717, 1.165) is 30.7 Å². The normalized spacial score (nSPS) is 16.2. The van der Waals surface area contributed by atoms with Gasteiger partial charge < -0.3 is 5.32 Å². The molecule has 0 spiro atoms. The summed E-state index contributed by atoms with van der Waals surface area (Å²) in [5, 5.41) is 17.6.